The van der Waals surface area contributed by atoms with E-state index < -0.39 is 17.8 Å². The van der Waals surface area contributed by atoms with Gasteiger partial charge in [0, 0.05) is 26.2 Å². The van der Waals surface area contributed by atoms with E-state index in [2.05, 4.69) is 25.7 Å². The summed E-state index contributed by atoms with van der Waals surface area (Å²) in [4.78, 5) is 37.1. The molecule has 0 aromatic carbocycles. The highest BCUT2D eigenvalue weighted by atomic mass is 19.4. The van der Waals surface area contributed by atoms with E-state index in [1.165, 1.54) is 11.4 Å². The minimum absolute atomic E-state index is 0.167. The summed E-state index contributed by atoms with van der Waals surface area (Å²) in [7, 11) is 0. The number of anilines is 2. The SMILES string of the molecule is CCc1c(N2CCNCC2)c(=O)n2nc(C3=CCOCC3)nc2n1CC(=O)Nc1cnc(C(F)(F)F)cc1C. The number of amides is 1. The van der Waals surface area contributed by atoms with Crippen LogP contribution in [-0.2, 0) is 28.7 Å². The fourth-order valence-corrected chi connectivity index (χ4v) is 4.86. The molecule has 1 amide bonds. The van der Waals surface area contributed by atoms with Crippen LogP contribution in [0.15, 0.2) is 23.1 Å². The summed E-state index contributed by atoms with van der Waals surface area (Å²) < 4.78 is 47.4. The van der Waals surface area contributed by atoms with Crippen LogP contribution < -0.4 is 21.1 Å². The van der Waals surface area contributed by atoms with Crippen molar-refractivity contribution in [2.75, 3.05) is 49.6 Å². The van der Waals surface area contributed by atoms with E-state index in [0.29, 0.717) is 69.4 Å². The van der Waals surface area contributed by atoms with Crippen LogP contribution in [0.3, 0.4) is 0 Å². The Hall–Kier alpha value is -3.78. The van der Waals surface area contributed by atoms with Crippen LogP contribution in [-0.4, -0.2) is 69.4 Å². The fourth-order valence-electron chi connectivity index (χ4n) is 4.86. The van der Waals surface area contributed by atoms with Gasteiger partial charge in [-0.2, -0.15) is 22.7 Å². The van der Waals surface area contributed by atoms with Crippen LogP contribution in [0.25, 0.3) is 11.4 Å². The van der Waals surface area contributed by atoms with Crippen molar-refractivity contribution in [1.82, 2.24) is 29.5 Å². The van der Waals surface area contributed by atoms with Gasteiger partial charge in [-0.25, -0.2) is 4.98 Å². The number of aryl methyl sites for hydroxylation is 1. The number of fused-ring (bicyclic) bond motifs is 1. The predicted molar refractivity (Wildman–Crippen MR) is 138 cm³/mol. The number of carbonyl (C=O) groups excluding carboxylic acids is 1. The summed E-state index contributed by atoms with van der Waals surface area (Å²) in [5.74, 6) is 0.114. The molecular weight excluding hydrogens is 517 g/mol. The molecule has 5 rings (SSSR count). The average molecular weight is 547 g/mol. The molecule has 14 heteroatoms. The van der Waals surface area contributed by atoms with Gasteiger partial charge in [-0.05, 0) is 37.0 Å². The number of alkyl halides is 3. The first-order valence-electron chi connectivity index (χ1n) is 12.8. The van der Waals surface area contributed by atoms with Gasteiger partial charge in [0.15, 0.2) is 5.82 Å². The number of nitrogens with one attached hydrogen (secondary N) is 2. The number of rotatable bonds is 6. The monoisotopic (exact) mass is 546 g/mol. The highest BCUT2D eigenvalue weighted by molar-refractivity contribution is 5.91. The van der Waals surface area contributed by atoms with Crippen LogP contribution in [0.2, 0.25) is 0 Å². The van der Waals surface area contributed by atoms with E-state index in [4.69, 9.17) is 4.74 Å². The topological polar surface area (TPSA) is 119 Å². The lowest BCUT2D eigenvalue weighted by Gasteiger charge is -2.31. The highest BCUT2D eigenvalue weighted by Crippen LogP contribution is 2.30. The normalized spacial score (nSPS) is 16.4. The van der Waals surface area contributed by atoms with E-state index in [1.54, 1.807) is 4.57 Å². The molecule has 0 spiro atoms. The Labute approximate surface area is 221 Å². The summed E-state index contributed by atoms with van der Waals surface area (Å²) in [5, 5.41) is 10.5. The van der Waals surface area contributed by atoms with Crippen molar-refractivity contribution in [3.8, 4) is 0 Å². The van der Waals surface area contributed by atoms with Gasteiger partial charge in [-0.15, -0.1) is 5.10 Å². The van der Waals surface area contributed by atoms with Gasteiger partial charge in [-0.3, -0.25) is 9.59 Å². The van der Waals surface area contributed by atoms with Crippen LogP contribution in [0.4, 0.5) is 24.5 Å². The quantitative estimate of drug-likeness (QED) is 0.482. The first-order chi connectivity index (χ1) is 18.7. The van der Waals surface area contributed by atoms with Crippen molar-refractivity contribution in [3.63, 3.8) is 0 Å². The predicted octanol–water partition coefficient (Wildman–Crippen LogP) is 2.03. The maximum absolute atomic E-state index is 13.7. The van der Waals surface area contributed by atoms with Gasteiger partial charge in [0.2, 0.25) is 11.7 Å². The van der Waals surface area contributed by atoms with Crippen molar-refractivity contribution in [2.45, 2.75) is 39.4 Å². The lowest BCUT2D eigenvalue weighted by Crippen LogP contribution is -2.47. The Morgan fingerprint density at radius 2 is 2.03 bits per heavy atom. The number of piperazine rings is 1. The maximum atomic E-state index is 13.7. The van der Waals surface area contributed by atoms with Crippen LogP contribution >= 0.6 is 0 Å². The van der Waals surface area contributed by atoms with Crippen molar-refractivity contribution in [3.05, 3.63) is 51.5 Å². The standard InChI is InChI=1S/C25H29F3N8O3/c1-3-18-21(34-8-6-29-7-9-34)23(38)36-24(32-22(33-36)16-4-10-39-11-5-16)35(18)14-20(37)31-17-13-30-19(12-15(17)2)25(26,27)28/h4,12-13,29H,3,5-11,14H2,1-2H3,(H,31,37). The summed E-state index contributed by atoms with van der Waals surface area (Å²) >= 11 is 0. The summed E-state index contributed by atoms with van der Waals surface area (Å²) in [6, 6.07) is 0.888. The number of hydrogen-bond acceptors (Lipinski definition) is 8. The van der Waals surface area contributed by atoms with E-state index >= 15 is 0 Å². The Bertz CT molecular complexity index is 1490. The van der Waals surface area contributed by atoms with Gasteiger partial charge < -0.3 is 24.8 Å². The molecular formula is C25H29F3N8O3. The van der Waals surface area contributed by atoms with Gasteiger partial charge in [0.25, 0.3) is 5.56 Å². The minimum atomic E-state index is -4.59. The van der Waals surface area contributed by atoms with Gasteiger partial charge in [0.05, 0.1) is 30.8 Å². The largest absolute Gasteiger partial charge is 0.433 e. The third-order valence-electron chi connectivity index (χ3n) is 6.82. The second kappa shape index (κ2) is 10.8. The zero-order chi connectivity index (χ0) is 27.7. The number of halogens is 3. The molecule has 0 bridgehead atoms. The lowest BCUT2D eigenvalue weighted by atomic mass is 10.1. The minimum Gasteiger partial charge on any atom is -0.377 e. The summed E-state index contributed by atoms with van der Waals surface area (Å²) in [5.41, 5.74) is 0.996. The molecule has 39 heavy (non-hydrogen) atoms. The van der Waals surface area contributed by atoms with Crippen molar-refractivity contribution < 1.29 is 22.7 Å². The number of nitrogens with zero attached hydrogens (tertiary/aromatic N) is 6. The molecule has 2 aliphatic heterocycles. The van der Waals surface area contributed by atoms with Crippen molar-refractivity contribution >= 4 is 28.6 Å². The molecule has 5 heterocycles. The number of pyridine rings is 1. The maximum Gasteiger partial charge on any atom is 0.433 e. The second-order valence-corrected chi connectivity index (χ2v) is 9.41. The van der Waals surface area contributed by atoms with Crippen molar-refractivity contribution in [1.29, 1.82) is 0 Å². The molecule has 0 radical (unpaired) electrons. The molecule has 3 aromatic heterocycles. The molecule has 1 fully saturated rings. The Balaban J connectivity index is 1.56. The average Bonchev–Trinajstić information content (AvgIpc) is 3.38. The number of ether oxygens (including phenoxy) is 1. The smallest absolute Gasteiger partial charge is 0.377 e. The van der Waals surface area contributed by atoms with Gasteiger partial charge >= 0.3 is 6.18 Å². The Morgan fingerprint density at radius 3 is 2.67 bits per heavy atom. The lowest BCUT2D eigenvalue weighted by molar-refractivity contribution is -0.141. The van der Waals surface area contributed by atoms with E-state index in [0.717, 1.165) is 17.8 Å². The van der Waals surface area contributed by atoms with E-state index in [-0.39, 0.29) is 29.1 Å². The fraction of sp³-hybridized carbons (Fsp3) is 0.480. The summed E-state index contributed by atoms with van der Waals surface area (Å²) in [6.45, 7) is 6.70. The zero-order valence-electron chi connectivity index (χ0n) is 21.6. The zero-order valence-corrected chi connectivity index (χ0v) is 21.6. The molecule has 0 saturated carbocycles. The summed E-state index contributed by atoms with van der Waals surface area (Å²) in [6.07, 6.45) is -0.680. The van der Waals surface area contributed by atoms with E-state index in [1.807, 2.05) is 17.9 Å². The van der Waals surface area contributed by atoms with Gasteiger partial charge in [0.1, 0.15) is 17.9 Å². The Morgan fingerprint density at radius 1 is 1.26 bits per heavy atom. The molecule has 2 N–H and O–H groups in total. The number of carbonyl (C=O) groups is 1. The second-order valence-electron chi connectivity index (χ2n) is 9.41. The van der Waals surface area contributed by atoms with Crippen molar-refractivity contribution in [2.24, 2.45) is 0 Å². The molecule has 2 aliphatic rings. The number of aromatic nitrogens is 5. The van der Waals surface area contributed by atoms with Gasteiger partial charge in [-0.1, -0.05) is 13.0 Å². The molecule has 208 valence electrons. The van der Waals surface area contributed by atoms with Crippen LogP contribution in [0, 0.1) is 6.92 Å². The van der Waals surface area contributed by atoms with E-state index in [9.17, 15) is 22.8 Å². The molecule has 0 aliphatic carbocycles. The first kappa shape index (κ1) is 26.8. The van der Waals surface area contributed by atoms with Crippen LogP contribution in [0.5, 0.6) is 0 Å². The van der Waals surface area contributed by atoms with Crippen LogP contribution in [0.1, 0.15) is 36.1 Å². The highest BCUT2D eigenvalue weighted by Gasteiger charge is 2.33. The first-order valence-corrected chi connectivity index (χ1v) is 12.8. The Kier molecular flexibility index (Phi) is 7.40. The molecule has 3 aromatic rings. The molecule has 0 atom stereocenters. The number of hydrogen-bond donors (Lipinski definition) is 2. The molecule has 1 saturated heterocycles. The molecule has 0 unspecified atom stereocenters. The third kappa shape index (κ3) is 5.39. The molecule has 11 nitrogen and oxygen atoms in total. The third-order valence-corrected chi connectivity index (χ3v) is 6.82.